The molecule has 0 heterocycles. The van der Waals surface area contributed by atoms with E-state index in [4.69, 9.17) is 34.8 Å². The summed E-state index contributed by atoms with van der Waals surface area (Å²) in [5, 5.41) is 4.36. The Labute approximate surface area is 240 Å². The van der Waals surface area contributed by atoms with Crippen molar-refractivity contribution in [3.05, 3.63) is 63.1 Å². The van der Waals surface area contributed by atoms with Gasteiger partial charge < -0.3 is 10.2 Å². The second-order valence-electron chi connectivity index (χ2n) is 9.70. The van der Waals surface area contributed by atoms with E-state index in [1.807, 2.05) is 0 Å². The molecule has 208 valence electrons. The predicted octanol–water partition coefficient (Wildman–Crippen LogP) is 6.06. The normalized spacial score (nSPS) is 15.1. The largest absolute Gasteiger partial charge is 0.352 e. The van der Waals surface area contributed by atoms with Crippen molar-refractivity contribution in [2.75, 3.05) is 17.1 Å². The highest BCUT2D eigenvalue weighted by atomic mass is 35.5. The second kappa shape index (κ2) is 13.9. The summed E-state index contributed by atoms with van der Waals surface area (Å²) in [6, 6.07) is 11.0. The average Bonchev–Trinajstić information content (AvgIpc) is 2.87. The molecule has 0 radical (unpaired) electrons. The predicted molar refractivity (Wildman–Crippen MR) is 154 cm³/mol. The molecule has 11 heteroatoms. The fourth-order valence-electron chi connectivity index (χ4n) is 4.60. The van der Waals surface area contributed by atoms with Gasteiger partial charge in [-0.2, -0.15) is 0 Å². The number of nitrogens with one attached hydrogen (secondary N) is 1. The maximum atomic E-state index is 13.5. The molecule has 0 aromatic heterocycles. The number of rotatable bonds is 11. The number of amides is 2. The number of carbonyl (C=O) groups is 2. The van der Waals surface area contributed by atoms with E-state index in [1.165, 1.54) is 15.6 Å². The number of benzene rings is 2. The van der Waals surface area contributed by atoms with Crippen LogP contribution in [0.3, 0.4) is 0 Å². The van der Waals surface area contributed by atoms with Crippen LogP contribution >= 0.6 is 34.8 Å². The molecular formula is C27H34Cl3N3O4S. The minimum Gasteiger partial charge on any atom is -0.352 e. The van der Waals surface area contributed by atoms with Crippen LogP contribution in [0.5, 0.6) is 0 Å². The summed E-state index contributed by atoms with van der Waals surface area (Å²) in [5.41, 5.74) is 1.21. The molecule has 2 aromatic rings. The molecule has 38 heavy (non-hydrogen) atoms. The van der Waals surface area contributed by atoms with Crippen LogP contribution in [0.1, 0.15) is 57.4 Å². The van der Waals surface area contributed by atoms with Crippen LogP contribution in [-0.2, 0) is 26.2 Å². The zero-order valence-corrected chi connectivity index (χ0v) is 24.7. The fourth-order valence-corrected chi connectivity index (χ4v) is 6.01. The van der Waals surface area contributed by atoms with Crippen molar-refractivity contribution in [2.45, 2.75) is 70.5 Å². The molecule has 0 unspecified atom stereocenters. The zero-order chi connectivity index (χ0) is 27.9. The first kappa shape index (κ1) is 30.5. The van der Waals surface area contributed by atoms with Gasteiger partial charge in [-0.15, -0.1) is 0 Å². The number of hydrogen-bond donors (Lipinski definition) is 1. The maximum absolute atomic E-state index is 13.5. The highest BCUT2D eigenvalue weighted by Gasteiger charge is 2.28. The number of nitrogens with zero attached hydrogens (tertiary/aromatic N) is 2. The standard InChI is InChI=1S/C27H34Cl3N3O4S/c1-19(27(35)31-22-7-4-3-5-8-22)32(18-20-10-15-24(29)25(30)17-20)26(34)9-6-16-33(38(2,36)37)23-13-11-21(28)12-14-23/h10-15,17,19,22H,3-9,16,18H2,1-2H3,(H,31,35)/t19-/m0/s1. The molecule has 1 aliphatic rings. The topological polar surface area (TPSA) is 86.8 Å². The van der Waals surface area contributed by atoms with Crippen molar-refractivity contribution in [1.29, 1.82) is 0 Å². The summed E-state index contributed by atoms with van der Waals surface area (Å²) in [6.07, 6.45) is 6.65. The molecule has 1 saturated carbocycles. The Bertz CT molecular complexity index is 1220. The number of anilines is 1. The molecule has 0 aliphatic heterocycles. The number of carbonyl (C=O) groups excluding carboxylic acids is 2. The third-order valence-corrected chi connectivity index (χ3v) is 8.91. The van der Waals surface area contributed by atoms with Crippen LogP contribution in [0.25, 0.3) is 0 Å². The Morgan fingerprint density at radius 1 is 1.00 bits per heavy atom. The summed E-state index contributed by atoms with van der Waals surface area (Å²) in [4.78, 5) is 28.1. The van der Waals surface area contributed by atoms with Gasteiger partial charge in [-0.3, -0.25) is 13.9 Å². The highest BCUT2D eigenvalue weighted by molar-refractivity contribution is 7.92. The van der Waals surface area contributed by atoms with E-state index in [2.05, 4.69) is 5.32 Å². The molecule has 1 N–H and O–H groups in total. The van der Waals surface area contributed by atoms with Crippen LogP contribution in [0.15, 0.2) is 42.5 Å². The molecule has 1 fully saturated rings. The fraction of sp³-hybridized carbons (Fsp3) is 0.481. The quantitative estimate of drug-likeness (QED) is 0.339. The Hall–Kier alpha value is -2.00. The molecule has 1 aliphatic carbocycles. The molecule has 1 atom stereocenters. The Balaban J connectivity index is 1.73. The van der Waals surface area contributed by atoms with Gasteiger partial charge in [0.15, 0.2) is 0 Å². The first-order valence-corrected chi connectivity index (χ1v) is 15.7. The van der Waals surface area contributed by atoms with Crippen LogP contribution in [0.4, 0.5) is 5.69 Å². The smallest absolute Gasteiger partial charge is 0.242 e. The number of halogens is 3. The second-order valence-corrected chi connectivity index (χ2v) is 12.9. The van der Waals surface area contributed by atoms with Gasteiger partial charge in [-0.1, -0.05) is 60.1 Å². The maximum Gasteiger partial charge on any atom is 0.242 e. The number of sulfonamides is 1. The van der Waals surface area contributed by atoms with Crippen molar-refractivity contribution in [3.8, 4) is 0 Å². The molecular weight excluding hydrogens is 569 g/mol. The monoisotopic (exact) mass is 601 g/mol. The van der Waals surface area contributed by atoms with Crippen LogP contribution in [0.2, 0.25) is 15.1 Å². The van der Waals surface area contributed by atoms with Gasteiger partial charge in [-0.05, 0) is 68.1 Å². The Kier molecular flexibility index (Phi) is 11.2. The Morgan fingerprint density at radius 3 is 2.26 bits per heavy atom. The molecule has 2 aromatic carbocycles. The van der Waals surface area contributed by atoms with Gasteiger partial charge >= 0.3 is 0 Å². The van der Waals surface area contributed by atoms with E-state index < -0.39 is 16.1 Å². The van der Waals surface area contributed by atoms with Gasteiger partial charge in [0.1, 0.15) is 6.04 Å². The van der Waals surface area contributed by atoms with Crippen molar-refractivity contribution >= 4 is 62.3 Å². The van der Waals surface area contributed by atoms with Gasteiger partial charge in [0.25, 0.3) is 0 Å². The average molecular weight is 603 g/mol. The lowest BCUT2D eigenvalue weighted by atomic mass is 9.95. The molecule has 3 rings (SSSR count). The third kappa shape index (κ3) is 8.76. The van der Waals surface area contributed by atoms with Crippen LogP contribution in [-0.4, -0.2) is 50.0 Å². The lowest BCUT2D eigenvalue weighted by Crippen LogP contribution is -2.50. The third-order valence-electron chi connectivity index (χ3n) is 6.72. The van der Waals surface area contributed by atoms with E-state index in [-0.39, 0.29) is 43.8 Å². The van der Waals surface area contributed by atoms with Crippen molar-refractivity contribution in [2.24, 2.45) is 0 Å². The van der Waals surface area contributed by atoms with Crippen molar-refractivity contribution in [1.82, 2.24) is 10.2 Å². The van der Waals surface area contributed by atoms with Crippen molar-refractivity contribution < 1.29 is 18.0 Å². The van der Waals surface area contributed by atoms with E-state index >= 15 is 0 Å². The van der Waals surface area contributed by atoms with Gasteiger partial charge in [-0.25, -0.2) is 8.42 Å². The molecule has 0 saturated heterocycles. The summed E-state index contributed by atoms with van der Waals surface area (Å²) >= 11 is 18.2. The van der Waals surface area contributed by atoms with Gasteiger partial charge in [0.05, 0.1) is 22.0 Å². The molecule has 0 spiro atoms. The zero-order valence-electron chi connectivity index (χ0n) is 21.6. The SMILES string of the molecule is C[C@@H](C(=O)NC1CCCCC1)N(Cc1ccc(Cl)c(Cl)c1)C(=O)CCCN(c1ccc(Cl)cc1)S(C)(=O)=O. The minimum absolute atomic E-state index is 0.0575. The van der Waals surface area contributed by atoms with Crippen LogP contribution in [0, 0.1) is 0 Å². The van der Waals surface area contributed by atoms with Crippen molar-refractivity contribution in [3.63, 3.8) is 0 Å². The molecule has 7 nitrogen and oxygen atoms in total. The first-order chi connectivity index (χ1) is 18.0. The molecule has 2 amide bonds. The number of hydrogen-bond acceptors (Lipinski definition) is 4. The molecule has 0 bridgehead atoms. The summed E-state index contributed by atoms with van der Waals surface area (Å²) in [7, 11) is -3.58. The van der Waals surface area contributed by atoms with Gasteiger partial charge in [0.2, 0.25) is 21.8 Å². The van der Waals surface area contributed by atoms with E-state index in [0.29, 0.717) is 20.8 Å². The van der Waals surface area contributed by atoms with E-state index in [9.17, 15) is 18.0 Å². The lowest BCUT2D eigenvalue weighted by molar-refractivity contribution is -0.141. The Morgan fingerprint density at radius 2 is 1.66 bits per heavy atom. The summed E-state index contributed by atoms with van der Waals surface area (Å²) in [6.45, 7) is 1.99. The minimum atomic E-state index is -3.58. The lowest BCUT2D eigenvalue weighted by Gasteiger charge is -2.31. The van der Waals surface area contributed by atoms with Crippen LogP contribution < -0.4 is 9.62 Å². The van der Waals surface area contributed by atoms with E-state index in [1.54, 1.807) is 49.4 Å². The summed E-state index contributed by atoms with van der Waals surface area (Å²) < 4.78 is 26.1. The van der Waals surface area contributed by atoms with Gasteiger partial charge in [0, 0.05) is 30.6 Å². The van der Waals surface area contributed by atoms with E-state index in [0.717, 1.165) is 37.5 Å². The first-order valence-electron chi connectivity index (χ1n) is 12.7. The summed E-state index contributed by atoms with van der Waals surface area (Å²) in [5.74, 6) is -0.462. The highest BCUT2D eigenvalue weighted by Crippen LogP contribution is 2.25.